The van der Waals surface area contributed by atoms with Gasteiger partial charge in [0.05, 0.1) is 12.7 Å². The van der Waals surface area contributed by atoms with Gasteiger partial charge in [0.15, 0.2) is 0 Å². The average molecular weight is 366 g/mol. The van der Waals surface area contributed by atoms with Crippen molar-refractivity contribution in [3.05, 3.63) is 65.7 Å². The normalized spacial score (nSPS) is 26.7. The number of rotatable bonds is 4. The molecule has 2 atom stereocenters. The fourth-order valence-corrected chi connectivity index (χ4v) is 4.63. The summed E-state index contributed by atoms with van der Waals surface area (Å²) in [5.41, 5.74) is 1.20. The Labute approximate surface area is 160 Å². The van der Waals surface area contributed by atoms with Crippen LogP contribution in [0.25, 0.3) is 0 Å². The minimum atomic E-state index is -0.753. The molecule has 1 aliphatic carbocycles. The molecular weight excluding hydrogens is 340 g/mol. The van der Waals surface area contributed by atoms with Crippen LogP contribution in [0.3, 0.4) is 0 Å². The number of nitrogens with one attached hydrogen (secondary N) is 1. The summed E-state index contributed by atoms with van der Waals surface area (Å²) in [4.78, 5) is 14.5. The molecule has 0 aromatic heterocycles. The van der Waals surface area contributed by atoms with Crippen LogP contribution in [0.1, 0.15) is 24.0 Å². The van der Waals surface area contributed by atoms with Crippen molar-refractivity contribution in [2.75, 3.05) is 20.2 Å². The molecule has 5 heteroatoms. The molecule has 2 amide bonds. The van der Waals surface area contributed by atoms with Crippen molar-refractivity contribution in [3.63, 3.8) is 0 Å². The van der Waals surface area contributed by atoms with Gasteiger partial charge in [-0.25, -0.2) is 4.79 Å². The second-order valence-electron chi connectivity index (χ2n) is 7.70. The van der Waals surface area contributed by atoms with Gasteiger partial charge in [0.1, 0.15) is 5.75 Å². The summed E-state index contributed by atoms with van der Waals surface area (Å²) in [6.45, 7) is 1.86. The second kappa shape index (κ2) is 7.24. The van der Waals surface area contributed by atoms with Crippen molar-refractivity contribution < 1.29 is 14.6 Å². The molecule has 1 saturated heterocycles. The smallest absolute Gasteiger partial charge is 0.317 e. The highest BCUT2D eigenvalue weighted by atomic mass is 16.5. The molecule has 2 aromatic carbocycles. The lowest BCUT2D eigenvalue weighted by Crippen LogP contribution is -2.39. The van der Waals surface area contributed by atoms with Gasteiger partial charge < -0.3 is 20.1 Å². The number of carbonyl (C=O) groups is 1. The largest absolute Gasteiger partial charge is 0.496 e. The highest BCUT2D eigenvalue weighted by Crippen LogP contribution is 2.48. The summed E-state index contributed by atoms with van der Waals surface area (Å²) in [7, 11) is 1.64. The highest BCUT2D eigenvalue weighted by molar-refractivity contribution is 5.74. The van der Waals surface area contributed by atoms with E-state index in [-0.39, 0.29) is 6.03 Å². The Morgan fingerprint density at radius 2 is 1.74 bits per heavy atom. The van der Waals surface area contributed by atoms with Crippen LogP contribution in [0.15, 0.2) is 54.6 Å². The first-order valence-electron chi connectivity index (χ1n) is 9.51. The summed E-state index contributed by atoms with van der Waals surface area (Å²) in [5.74, 6) is 1.49. The number of hydrogen-bond acceptors (Lipinski definition) is 3. The fraction of sp³-hybridized carbons (Fsp3) is 0.409. The van der Waals surface area contributed by atoms with E-state index < -0.39 is 5.60 Å². The summed E-state index contributed by atoms with van der Waals surface area (Å²) in [6, 6.07) is 17.6. The number of urea groups is 1. The molecule has 2 aromatic rings. The number of hydrogen-bond donors (Lipinski definition) is 2. The van der Waals surface area contributed by atoms with Gasteiger partial charge in [0.25, 0.3) is 0 Å². The average Bonchev–Trinajstić information content (AvgIpc) is 3.23. The molecule has 2 aliphatic rings. The van der Waals surface area contributed by atoms with E-state index in [1.54, 1.807) is 7.11 Å². The van der Waals surface area contributed by atoms with E-state index in [2.05, 4.69) is 5.32 Å². The topological polar surface area (TPSA) is 61.8 Å². The maximum atomic E-state index is 12.6. The van der Waals surface area contributed by atoms with Crippen LogP contribution < -0.4 is 10.1 Å². The van der Waals surface area contributed by atoms with Crippen molar-refractivity contribution in [3.8, 4) is 5.75 Å². The van der Waals surface area contributed by atoms with Crippen LogP contribution >= 0.6 is 0 Å². The van der Waals surface area contributed by atoms with Crippen LogP contribution in [-0.2, 0) is 12.1 Å². The lowest BCUT2D eigenvalue weighted by Gasteiger charge is -2.26. The number of amides is 2. The molecular formula is C22H26N2O3. The number of carbonyl (C=O) groups excluding carboxylic acids is 1. The molecule has 1 saturated carbocycles. The van der Waals surface area contributed by atoms with Crippen LogP contribution in [0.4, 0.5) is 4.79 Å². The predicted octanol–water partition coefficient (Wildman–Crippen LogP) is 3.13. The molecule has 27 heavy (non-hydrogen) atoms. The second-order valence-corrected chi connectivity index (χ2v) is 7.70. The van der Waals surface area contributed by atoms with Gasteiger partial charge in [0.2, 0.25) is 0 Å². The Kier molecular flexibility index (Phi) is 4.79. The molecule has 0 radical (unpaired) electrons. The number of methoxy groups -OCH3 is 1. The molecule has 2 fully saturated rings. The molecule has 2 unspecified atom stereocenters. The number of nitrogens with zero attached hydrogens (tertiary/aromatic N) is 1. The van der Waals surface area contributed by atoms with Crippen LogP contribution in [0.5, 0.6) is 5.75 Å². The Bertz CT molecular complexity index is 794. The number of ether oxygens (including phenoxy) is 1. The lowest BCUT2D eigenvalue weighted by atomic mass is 9.90. The highest BCUT2D eigenvalue weighted by Gasteiger charge is 2.49. The maximum Gasteiger partial charge on any atom is 0.317 e. The van der Waals surface area contributed by atoms with E-state index in [9.17, 15) is 9.90 Å². The zero-order valence-corrected chi connectivity index (χ0v) is 15.6. The monoisotopic (exact) mass is 366 g/mol. The first-order chi connectivity index (χ1) is 13.1. The third kappa shape index (κ3) is 3.52. The van der Waals surface area contributed by atoms with Gasteiger partial charge in [0, 0.05) is 25.2 Å². The number of para-hydroxylation sites is 1. The van der Waals surface area contributed by atoms with Crippen molar-refractivity contribution in [1.82, 2.24) is 10.2 Å². The third-order valence-electron chi connectivity index (χ3n) is 6.00. The van der Waals surface area contributed by atoms with Crippen LogP contribution in [-0.4, -0.2) is 36.2 Å². The minimum absolute atomic E-state index is 0.0430. The number of fused-ring (bicyclic) bond motifs is 1. The lowest BCUT2D eigenvalue weighted by molar-refractivity contribution is 0.0326. The van der Waals surface area contributed by atoms with Gasteiger partial charge in [-0.1, -0.05) is 48.5 Å². The van der Waals surface area contributed by atoms with E-state index in [1.165, 1.54) is 0 Å². The molecule has 2 N–H and O–H groups in total. The van der Waals surface area contributed by atoms with Gasteiger partial charge in [-0.05, 0) is 36.3 Å². The zero-order chi connectivity index (χ0) is 18.9. The number of likely N-dealkylation sites (tertiary alicyclic amines) is 1. The summed E-state index contributed by atoms with van der Waals surface area (Å²) in [5, 5.41) is 14.1. The molecule has 1 aliphatic heterocycles. The van der Waals surface area contributed by atoms with Gasteiger partial charge in [-0.15, -0.1) is 0 Å². The Hall–Kier alpha value is -2.53. The summed E-state index contributed by atoms with van der Waals surface area (Å²) >= 11 is 0. The van der Waals surface area contributed by atoms with Crippen molar-refractivity contribution in [2.24, 2.45) is 11.8 Å². The predicted molar refractivity (Wildman–Crippen MR) is 103 cm³/mol. The number of aliphatic hydroxyl groups is 1. The Morgan fingerprint density at radius 3 is 2.41 bits per heavy atom. The summed E-state index contributed by atoms with van der Waals surface area (Å²) in [6.07, 6.45) is 1.44. The maximum absolute atomic E-state index is 12.6. The van der Waals surface area contributed by atoms with Gasteiger partial charge in [-0.3, -0.25) is 0 Å². The molecule has 0 spiro atoms. The molecule has 4 rings (SSSR count). The standard InChI is InChI=1S/C22H26N2O3/c1-27-20-10-6-5-7-16(20)13-23-21(25)24-14-17-11-22(26,12-18(17)15-24)19-8-3-2-4-9-19/h2-10,17-18,26H,11-15H2,1H3,(H,23,25). The fourth-order valence-electron chi connectivity index (χ4n) is 4.63. The molecule has 0 bridgehead atoms. The first kappa shape index (κ1) is 17.9. The van der Waals surface area contributed by atoms with E-state index in [4.69, 9.17) is 4.74 Å². The van der Waals surface area contributed by atoms with Crippen molar-refractivity contribution in [1.29, 1.82) is 0 Å². The van der Waals surface area contributed by atoms with Gasteiger partial charge >= 0.3 is 6.03 Å². The number of benzene rings is 2. The van der Waals surface area contributed by atoms with Gasteiger partial charge in [-0.2, -0.15) is 0 Å². The first-order valence-corrected chi connectivity index (χ1v) is 9.51. The van der Waals surface area contributed by atoms with E-state index >= 15 is 0 Å². The molecule has 142 valence electrons. The Morgan fingerprint density at radius 1 is 1.11 bits per heavy atom. The van der Waals surface area contributed by atoms with Crippen LogP contribution in [0, 0.1) is 11.8 Å². The van der Waals surface area contributed by atoms with E-state index in [1.807, 2.05) is 59.5 Å². The van der Waals surface area contributed by atoms with Crippen molar-refractivity contribution >= 4 is 6.03 Å². The summed E-state index contributed by atoms with van der Waals surface area (Å²) < 4.78 is 5.34. The van der Waals surface area contributed by atoms with E-state index in [0.29, 0.717) is 31.5 Å². The quantitative estimate of drug-likeness (QED) is 0.874. The van der Waals surface area contributed by atoms with E-state index in [0.717, 1.165) is 29.7 Å². The SMILES string of the molecule is COc1ccccc1CNC(=O)N1CC2CC(O)(c3ccccc3)CC2C1. The minimum Gasteiger partial charge on any atom is -0.496 e. The molecule has 1 heterocycles. The third-order valence-corrected chi connectivity index (χ3v) is 6.00. The van der Waals surface area contributed by atoms with Crippen LogP contribution in [0.2, 0.25) is 0 Å². The molecule has 5 nitrogen and oxygen atoms in total. The Balaban J connectivity index is 1.34. The van der Waals surface area contributed by atoms with Crippen molar-refractivity contribution in [2.45, 2.75) is 25.0 Å². The zero-order valence-electron chi connectivity index (χ0n) is 15.6.